The minimum atomic E-state index is -1.16. The first-order chi connectivity index (χ1) is 12.6. The fourth-order valence-electron chi connectivity index (χ4n) is 2.24. The summed E-state index contributed by atoms with van der Waals surface area (Å²) in [5, 5.41) is 16.2. The van der Waals surface area contributed by atoms with Crippen LogP contribution in [0.3, 0.4) is 0 Å². The summed E-state index contributed by atoms with van der Waals surface area (Å²) in [4.78, 5) is 57.5. The second kappa shape index (κ2) is 12.6. The molecule has 0 unspecified atom stereocenters. The zero-order valence-corrected chi connectivity index (χ0v) is 15.6. The van der Waals surface area contributed by atoms with Gasteiger partial charge in [0, 0.05) is 13.3 Å². The third kappa shape index (κ3) is 10.8. The van der Waals surface area contributed by atoms with E-state index in [2.05, 4.69) is 16.0 Å². The van der Waals surface area contributed by atoms with Crippen molar-refractivity contribution in [2.45, 2.75) is 64.1 Å². The van der Waals surface area contributed by atoms with Crippen molar-refractivity contribution in [3.63, 3.8) is 0 Å². The first-order valence-electron chi connectivity index (χ1n) is 8.67. The Labute approximate surface area is 157 Å². The van der Waals surface area contributed by atoms with Gasteiger partial charge in [0.2, 0.25) is 23.6 Å². The van der Waals surface area contributed by atoms with Crippen LogP contribution in [0.4, 0.5) is 0 Å². The maximum Gasteiger partial charge on any atom is 0.326 e. The highest BCUT2D eigenvalue weighted by atomic mass is 16.4. The Hall–Kier alpha value is -2.69. The van der Waals surface area contributed by atoms with Gasteiger partial charge in [-0.2, -0.15) is 0 Å². The van der Waals surface area contributed by atoms with Crippen molar-refractivity contribution in [1.82, 2.24) is 16.0 Å². The van der Waals surface area contributed by atoms with Crippen LogP contribution in [-0.2, 0) is 24.0 Å². The van der Waals surface area contributed by atoms with Crippen LogP contribution in [-0.4, -0.2) is 59.4 Å². The van der Waals surface area contributed by atoms with Gasteiger partial charge in [-0.3, -0.25) is 19.2 Å². The van der Waals surface area contributed by atoms with Crippen LogP contribution >= 0.6 is 0 Å². The molecule has 0 aliphatic carbocycles. The molecule has 0 aliphatic heterocycles. The average molecular weight is 387 g/mol. The molecule has 0 aromatic heterocycles. The standard InChI is InChI=1S/C16H29N5O6/c1-9(19-10(2)22)15(25)21-11(14(18)24)6-7-13(23)20-12(16(26)27)5-3-4-8-17/h9,11-12H,3-8,17H2,1-2H3,(H2,18,24)(H,19,22)(H,20,23)(H,21,25)(H,26,27)/t9-,11+,12-/m0/s1. The first kappa shape index (κ1) is 24.3. The normalized spacial score (nSPS) is 13.7. The number of aliphatic carboxylic acids is 1. The van der Waals surface area contributed by atoms with Crippen LogP contribution in [0.25, 0.3) is 0 Å². The Balaban J connectivity index is 4.60. The number of hydrogen-bond donors (Lipinski definition) is 6. The Kier molecular flexibility index (Phi) is 11.4. The number of carboxylic acids is 1. The average Bonchev–Trinajstić information content (AvgIpc) is 2.56. The van der Waals surface area contributed by atoms with Gasteiger partial charge in [0.25, 0.3) is 0 Å². The lowest BCUT2D eigenvalue weighted by atomic mass is 10.1. The van der Waals surface area contributed by atoms with Gasteiger partial charge in [-0.1, -0.05) is 0 Å². The number of hydrogen-bond acceptors (Lipinski definition) is 6. The minimum absolute atomic E-state index is 0.102. The van der Waals surface area contributed by atoms with E-state index < -0.39 is 47.7 Å². The van der Waals surface area contributed by atoms with Crippen LogP contribution in [0, 0.1) is 0 Å². The monoisotopic (exact) mass is 387 g/mol. The van der Waals surface area contributed by atoms with Gasteiger partial charge in [-0.15, -0.1) is 0 Å². The second-order valence-electron chi connectivity index (χ2n) is 6.17. The molecule has 154 valence electrons. The van der Waals surface area contributed by atoms with Gasteiger partial charge in [-0.25, -0.2) is 4.79 Å². The van der Waals surface area contributed by atoms with E-state index in [9.17, 15) is 24.0 Å². The highest BCUT2D eigenvalue weighted by molar-refractivity contribution is 5.91. The summed E-state index contributed by atoms with van der Waals surface area (Å²) in [6, 6.07) is -3.05. The van der Waals surface area contributed by atoms with Crippen molar-refractivity contribution in [3.05, 3.63) is 0 Å². The van der Waals surface area contributed by atoms with Crippen molar-refractivity contribution in [2.24, 2.45) is 11.5 Å². The van der Waals surface area contributed by atoms with E-state index in [4.69, 9.17) is 16.6 Å². The van der Waals surface area contributed by atoms with Crippen LogP contribution in [0.2, 0.25) is 0 Å². The van der Waals surface area contributed by atoms with Gasteiger partial charge < -0.3 is 32.5 Å². The minimum Gasteiger partial charge on any atom is -0.480 e. The molecule has 0 radical (unpaired) electrons. The highest BCUT2D eigenvalue weighted by Gasteiger charge is 2.24. The van der Waals surface area contributed by atoms with Crippen LogP contribution in [0.15, 0.2) is 0 Å². The van der Waals surface area contributed by atoms with Gasteiger partial charge in [-0.05, 0) is 39.2 Å². The maximum atomic E-state index is 12.0. The number of rotatable bonds is 13. The Bertz CT molecular complexity index is 553. The fraction of sp³-hybridized carbons (Fsp3) is 0.688. The third-order valence-corrected chi connectivity index (χ3v) is 3.71. The van der Waals surface area contributed by atoms with Gasteiger partial charge in [0.1, 0.15) is 18.1 Å². The van der Waals surface area contributed by atoms with Gasteiger partial charge >= 0.3 is 5.97 Å². The topological polar surface area (TPSA) is 194 Å². The molecule has 0 rings (SSSR count). The maximum absolute atomic E-state index is 12.0. The molecule has 8 N–H and O–H groups in total. The molecule has 11 heteroatoms. The van der Waals surface area contributed by atoms with E-state index in [1.54, 1.807) is 0 Å². The molecule has 27 heavy (non-hydrogen) atoms. The molecule has 0 heterocycles. The predicted octanol–water partition coefficient (Wildman–Crippen LogP) is -2.04. The summed E-state index contributed by atoms with van der Waals surface area (Å²) < 4.78 is 0. The number of nitrogens with one attached hydrogen (secondary N) is 3. The van der Waals surface area contributed by atoms with E-state index in [1.165, 1.54) is 13.8 Å². The molecule has 0 fully saturated rings. The number of carbonyl (C=O) groups is 5. The van der Waals surface area contributed by atoms with Crippen molar-refractivity contribution in [1.29, 1.82) is 0 Å². The quantitative estimate of drug-likeness (QED) is 0.196. The Morgan fingerprint density at radius 1 is 0.963 bits per heavy atom. The molecule has 0 saturated heterocycles. The second-order valence-corrected chi connectivity index (χ2v) is 6.17. The molecule has 0 aromatic rings. The smallest absolute Gasteiger partial charge is 0.326 e. The first-order valence-corrected chi connectivity index (χ1v) is 8.67. The summed E-state index contributed by atoms with van der Waals surface area (Å²) in [6.45, 7) is 3.10. The number of primary amides is 1. The zero-order chi connectivity index (χ0) is 21.0. The summed E-state index contributed by atoms with van der Waals surface area (Å²) in [5.41, 5.74) is 10.6. The predicted molar refractivity (Wildman–Crippen MR) is 96.1 cm³/mol. The van der Waals surface area contributed by atoms with E-state index in [0.29, 0.717) is 19.4 Å². The van der Waals surface area contributed by atoms with Crippen molar-refractivity contribution in [2.75, 3.05) is 6.54 Å². The van der Waals surface area contributed by atoms with Crippen LogP contribution < -0.4 is 27.4 Å². The summed E-state index contributed by atoms with van der Waals surface area (Å²) >= 11 is 0. The van der Waals surface area contributed by atoms with E-state index in [0.717, 1.165) is 0 Å². The van der Waals surface area contributed by atoms with E-state index in [-0.39, 0.29) is 19.3 Å². The molecule has 4 amide bonds. The van der Waals surface area contributed by atoms with Gasteiger partial charge in [0.15, 0.2) is 0 Å². The SMILES string of the molecule is CC(=O)N[C@@H](C)C(=O)N[C@H](CCC(=O)N[C@@H](CCCCN)C(=O)O)C(N)=O. The van der Waals surface area contributed by atoms with Crippen molar-refractivity contribution in [3.8, 4) is 0 Å². The molecule has 0 bridgehead atoms. The van der Waals surface area contributed by atoms with Crippen LogP contribution in [0.1, 0.15) is 46.0 Å². The van der Waals surface area contributed by atoms with E-state index >= 15 is 0 Å². The Morgan fingerprint density at radius 3 is 2.07 bits per heavy atom. The third-order valence-electron chi connectivity index (χ3n) is 3.71. The molecular weight excluding hydrogens is 358 g/mol. The lowest BCUT2D eigenvalue weighted by molar-refractivity contribution is -0.142. The molecular formula is C16H29N5O6. The summed E-state index contributed by atoms with van der Waals surface area (Å²) in [7, 11) is 0. The lowest BCUT2D eigenvalue weighted by Gasteiger charge is -2.19. The summed E-state index contributed by atoms with van der Waals surface area (Å²) in [5.74, 6) is -3.62. The van der Waals surface area contributed by atoms with Crippen LogP contribution in [0.5, 0.6) is 0 Å². The largest absolute Gasteiger partial charge is 0.480 e. The van der Waals surface area contributed by atoms with Gasteiger partial charge in [0.05, 0.1) is 0 Å². The Morgan fingerprint density at radius 2 is 1.59 bits per heavy atom. The highest BCUT2D eigenvalue weighted by Crippen LogP contribution is 2.03. The molecule has 3 atom stereocenters. The zero-order valence-electron chi connectivity index (χ0n) is 15.6. The fourth-order valence-corrected chi connectivity index (χ4v) is 2.24. The lowest BCUT2D eigenvalue weighted by Crippen LogP contribution is -2.52. The molecule has 0 spiro atoms. The molecule has 0 aromatic carbocycles. The number of carbonyl (C=O) groups excluding carboxylic acids is 4. The molecule has 11 nitrogen and oxygen atoms in total. The van der Waals surface area contributed by atoms with E-state index in [1.807, 2.05) is 0 Å². The number of nitrogens with two attached hydrogens (primary N) is 2. The van der Waals surface area contributed by atoms with Crippen molar-refractivity contribution >= 4 is 29.6 Å². The molecule has 0 aliphatic rings. The number of amides is 4. The summed E-state index contributed by atoms with van der Waals surface area (Å²) in [6.07, 6.45) is 1.12. The number of unbranched alkanes of at least 4 members (excludes halogenated alkanes) is 1. The number of carboxylic acid groups (broad SMARTS) is 1. The molecule has 0 saturated carbocycles. The van der Waals surface area contributed by atoms with Crippen molar-refractivity contribution < 1.29 is 29.1 Å².